The lowest BCUT2D eigenvalue weighted by molar-refractivity contribution is -0.121. The summed E-state index contributed by atoms with van der Waals surface area (Å²) >= 11 is 0. The van der Waals surface area contributed by atoms with Crippen molar-refractivity contribution in [3.63, 3.8) is 0 Å². The van der Waals surface area contributed by atoms with E-state index in [0.717, 1.165) is 10.6 Å². The van der Waals surface area contributed by atoms with Crippen molar-refractivity contribution in [3.8, 4) is 0 Å². The zero-order valence-electron chi connectivity index (χ0n) is 17.4. The molecule has 8 nitrogen and oxygen atoms in total. The number of nitrogens with zero attached hydrogens (tertiary/aromatic N) is 3. The molecule has 0 atom stereocenters. The second kappa shape index (κ2) is 8.94. The molecule has 3 aromatic rings. The van der Waals surface area contributed by atoms with Crippen LogP contribution < -0.4 is 10.9 Å². The average molecular weight is 447 g/mol. The maximum atomic E-state index is 13.4. The van der Waals surface area contributed by atoms with E-state index in [0.29, 0.717) is 11.1 Å². The van der Waals surface area contributed by atoms with Gasteiger partial charge in [0.1, 0.15) is 12.4 Å². The van der Waals surface area contributed by atoms with Crippen LogP contribution in [0.5, 0.6) is 0 Å². The molecule has 0 radical (unpaired) electrons. The fraction of sp³-hybridized carbons (Fsp3) is 0.286. The van der Waals surface area contributed by atoms with Gasteiger partial charge in [-0.1, -0.05) is 12.1 Å². The van der Waals surface area contributed by atoms with Gasteiger partial charge in [0, 0.05) is 19.6 Å². The molecule has 10 heteroatoms. The van der Waals surface area contributed by atoms with E-state index in [4.69, 9.17) is 0 Å². The Morgan fingerprint density at radius 2 is 1.87 bits per heavy atom. The molecule has 0 aliphatic rings. The van der Waals surface area contributed by atoms with Gasteiger partial charge < -0.3 is 5.32 Å². The van der Waals surface area contributed by atoms with E-state index >= 15 is 0 Å². The van der Waals surface area contributed by atoms with Crippen molar-refractivity contribution in [1.82, 2.24) is 19.2 Å². The van der Waals surface area contributed by atoms with Crippen LogP contribution in [0.1, 0.15) is 19.4 Å². The van der Waals surface area contributed by atoms with Crippen LogP contribution in [0.4, 0.5) is 4.39 Å². The van der Waals surface area contributed by atoms with Crippen molar-refractivity contribution in [1.29, 1.82) is 0 Å². The molecular weight excluding hydrogens is 423 g/mol. The third-order valence-electron chi connectivity index (χ3n) is 4.92. The highest BCUT2D eigenvalue weighted by Gasteiger charge is 2.22. The molecule has 1 amide bonds. The standard InChI is InChI=1S/C21H23FN4O4S/c1-14(2)25(3)31(29,30)17-7-4-15(5-8-17)11-23-20(27)12-26-13-24-19-9-6-16(22)10-18(19)21(26)28/h4-10,13-14H,11-12H2,1-3H3,(H,23,27). The number of amides is 1. The smallest absolute Gasteiger partial charge is 0.261 e. The van der Waals surface area contributed by atoms with Crippen molar-refractivity contribution in [2.75, 3.05) is 7.05 Å². The largest absolute Gasteiger partial charge is 0.350 e. The number of hydrogen-bond acceptors (Lipinski definition) is 5. The molecule has 1 heterocycles. The summed E-state index contributed by atoms with van der Waals surface area (Å²) in [7, 11) is -2.06. The van der Waals surface area contributed by atoms with Crippen molar-refractivity contribution in [3.05, 3.63) is 70.5 Å². The first-order valence-corrected chi connectivity index (χ1v) is 11.0. The summed E-state index contributed by atoms with van der Waals surface area (Å²) in [5.41, 5.74) is 0.537. The Kier molecular flexibility index (Phi) is 6.51. The topological polar surface area (TPSA) is 101 Å². The van der Waals surface area contributed by atoms with Crippen LogP contribution in [0.2, 0.25) is 0 Å². The molecule has 1 aromatic heterocycles. The van der Waals surface area contributed by atoms with Gasteiger partial charge in [-0.05, 0) is 49.7 Å². The second-order valence-corrected chi connectivity index (χ2v) is 9.37. The van der Waals surface area contributed by atoms with Crippen LogP contribution in [-0.2, 0) is 27.9 Å². The van der Waals surface area contributed by atoms with E-state index in [-0.39, 0.29) is 29.4 Å². The first-order valence-electron chi connectivity index (χ1n) is 9.58. The van der Waals surface area contributed by atoms with Crippen LogP contribution >= 0.6 is 0 Å². The third kappa shape index (κ3) is 4.97. The maximum absolute atomic E-state index is 13.4. The number of carbonyl (C=O) groups excluding carboxylic acids is 1. The summed E-state index contributed by atoms with van der Waals surface area (Å²) in [4.78, 5) is 28.9. The van der Waals surface area contributed by atoms with Crippen LogP contribution in [0.25, 0.3) is 10.9 Å². The SMILES string of the molecule is CC(C)N(C)S(=O)(=O)c1ccc(CNC(=O)Cn2cnc3ccc(F)cc3c2=O)cc1. The summed E-state index contributed by atoms with van der Waals surface area (Å²) in [5, 5.41) is 2.77. The predicted octanol–water partition coefficient (Wildman–Crippen LogP) is 1.88. The molecule has 0 fully saturated rings. The van der Waals surface area contributed by atoms with Crippen LogP contribution in [0.15, 0.2) is 58.5 Å². The fourth-order valence-electron chi connectivity index (χ4n) is 2.88. The molecule has 2 aromatic carbocycles. The number of nitrogens with one attached hydrogen (secondary N) is 1. The minimum absolute atomic E-state index is 0.0958. The van der Waals surface area contributed by atoms with Crippen LogP contribution in [0.3, 0.4) is 0 Å². The van der Waals surface area contributed by atoms with Crippen LogP contribution in [-0.4, -0.2) is 41.3 Å². The minimum Gasteiger partial charge on any atom is -0.350 e. The summed E-state index contributed by atoms with van der Waals surface area (Å²) in [6, 6.07) is 9.74. The average Bonchev–Trinajstić information content (AvgIpc) is 2.74. The molecular formula is C21H23FN4O4S. The molecule has 1 N–H and O–H groups in total. The molecule has 0 bridgehead atoms. The van der Waals surface area contributed by atoms with Crippen molar-refractivity contribution in [2.45, 2.75) is 37.9 Å². The highest BCUT2D eigenvalue weighted by atomic mass is 32.2. The fourth-order valence-corrected chi connectivity index (χ4v) is 4.25. The highest BCUT2D eigenvalue weighted by Crippen LogP contribution is 2.17. The lowest BCUT2D eigenvalue weighted by Gasteiger charge is -2.21. The van der Waals surface area contributed by atoms with Gasteiger partial charge in [-0.3, -0.25) is 14.2 Å². The number of rotatable bonds is 7. The monoisotopic (exact) mass is 446 g/mol. The number of hydrogen-bond donors (Lipinski definition) is 1. The van der Waals surface area contributed by atoms with Gasteiger partial charge in [-0.2, -0.15) is 4.31 Å². The predicted molar refractivity (Wildman–Crippen MR) is 114 cm³/mol. The molecule has 0 aliphatic carbocycles. The second-order valence-electron chi connectivity index (χ2n) is 7.37. The summed E-state index contributed by atoms with van der Waals surface area (Å²) < 4.78 is 40.8. The van der Waals surface area contributed by atoms with Gasteiger partial charge >= 0.3 is 0 Å². The normalized spacial score (nSPS) is 11.9. The van der Waals surface area contributed by atoms with Crippen molar-refractivity contribution in [2.24, 2.45) is 0 Å². The molecule has 0 unspecified atom stereocenters. The molecule has 0 spiro atoms. The van der Waals surface area contributed by atoms with Gasteiger partial charge in [0.25, 0.3) is 5.56 Å². The zero-order chi connectivity index (χ0) is 22.8. The summed E-state index contributed by atoms with van der Waals surface area (Å²) in [6.07, 6.45) is 1.24. The van der Waals surface area contributed by atoms with Crippen molar-refractivity contribution < 1.29 is 17.6 Å². The number of aromatic nitrogens is 2. The Bertz CT molecular complexity index is 1270. The van der Waals surface area contributed by atoms with Gasteiger partial charge in [0.05, 0.1) is 22.1 Å². The lowest BCUT2D eigenvalue weighted by Crippen LogP contribution is -2.33. The Labute approximate surface area is 179 Å². The van der Waals surface area contributed by atoms with E-state index in [1.54, 1.807) is 26.0 Å². The van der Waals surface area contributed by atoms with Gasteiger partial charge in [0.2, 0.25) is 15.9 Å². The van der Waals surface area contributed by atoms with Gasteiger partial charge in [-0.25, -0.2) is 17.8 Å². The van der Waals surface area contributed by atoms with E-state index in [2.05, 4.69) is 10.3 Å². The Hall–Kier alpha value is -3.11. The number of carbonyl (C=O) groups is 1. The number of fused-ring (bicyclic) bond motifs is 1. The molecule has 31 heavy (non-hydrogen) atoms. The van der Waals surface area contributed by atoms with E-state index < -0.39 is 27.3 Å². The quantitative estimate of drug-likeness (QED) is 0.597. The van der Waals surface area contributed by atoms with Gasteiger partial charge in [0.15, 0.2) is 0 Å². The Morgan fingerprint density at radius 1 is 1.19 bits per heavy atom. The minimum atomic E-state index is -3.58. The zero-order valence-corrected chi connectivity index (χ0v) is 18.2. The maximum Gasteiger partial charge on any atom is 0.261 e. The Balaban J connectivity index is 1.66. The van der Waals surface area contributed by atoms with E-state index in [9.17, 15) is 22.4 Å². The van der Waals surface area contributed by atoms with Gasteiger partial charge in [-0.15, -0.1) is 0 Å². The van der Waals surface area contributed by atoms with Crippen LogP contribution in [0, 0.1) is 5.82 Å². The summed E-state index contributed by atoms with van der Waals surface area (Å²) in [6.45, 7) is 3.45. The molecule has 3 rings (SSSR count). The molecule has 0 saturated carbocycles. The number of halogens is 1. The lowest BCUT2D eigenvalue weighted by atomic mass is 10.2. The number of sulfonamides is 1. The van der Waals surface area contributed by atoms with Crippen molar-refractivity contribution >= 4 is 26.8 Å². The molecule has 164 valence electrons. The molecule has 0 aliphatic heterocycles. The molecule has 0 saturated heterocycles. The van der Waals surface area contributed by atoms with E-state index in [1.807, 2.05) is 0 Å². The first-order chi connectivity index (χ1) is 14.6. The first kappa shape index (κ1) is 22.6. The highest BCUT2D eigenvalue weighted by molar-refractivity contribution is 7.89. The summed E-state index contributed by atoms with van der Waals surface area (Å²) in [5.74, 6) is -0.991. The van der Waals surface area contributed by atoms with E-state index in [1.165, 1.54) is 41.9 Å². The number of benzene rings is 2. The Morgan fingerprint density at radius 3 is 2.52 bits per heavy atom. The third-order valence-corrected chi connectivity index (χ3v) is 6.97.